The minimum absolute atomic E-state index is 0.0344. The van der Waals surface area contributed by atoms with Crippen LogP contribution in [0, 0.1) is 0 Å². The Labute approximate surface area is 94.7 Å². The highest BCUT2D eigenvalue weighted by Crippen LogP contribution is 2.20. The number of ketones is 1. The normalized spacial score (nSPS) is 10.0. The number of anilines is 1. The molecular formula is C12H14ClNO. The first-order valence-corrected chi connectivity index (χ1v) is 5.11. The predicted molar refractivity (Wildman–Crippen MR) is 64.2 cm³/mol. The lowest BCUT2D eigenvalue weighted by atomic mass is 10.0. The topological polar surface area (TPSA) is 43.1 Å². The average molecular weight is 224 g/mol. The van der Waals surface area contributed by atoms with Gasteiger partial charge >= 0.3 is 0 Å². The van der Waals surface area contributed by atoms with E-state index in [9.17, 15) is 4.79 Å². The second-order valence-corrected chi connectivity index (χ2v) is 4.05. The second kappa shape index (κ2) is 4.99. The summed E-state index contributed by atoms with van der Waals surface area (Å²) in [6.07, 6.45) is 1.14. The van der Waals surface area contributed by atoms with Crippen LogP contribution in [-0.2, 0) is 0 Å². The van der Waals surface area contributed by atoms with Gasteiger partial charge in [-0.15, -0.1) is 6.58 Å². The first kappa shape index (κ1) is 11.8. The number of halogens is 1. The number of carbonyl (C=O) groups excluding carboxylic acids is 1. The summed E-state index contributed by atoms with van der Waals surface area (Å²) in [7, 11) is 0. The van der Waals surface area contributed by atoms with E-state index in [1.165, 1.54) is 0 Å². The van der Waals surface area contributed by atoms with Gasteiger partial charge in [0.1, 0.15) is 0 Å². The van der Waals surface area contributed by atoms with Crippen LogP contribution in [0.5, 0.6) is 0 Å². The molecule has 1 rings (SSSR count). The number of nitrogen functional groups attached to an aromatic ring is 1. The summed E-state index contributed by atoms with van der Waals surface area (Å²) in [5, 5.41) is 0.545. The third kappa shape index (κ3) is 3.40. The van der Waals surface area contributed by atoms with Crippen LogP contribution in [0.2, 0.25) is 5.02 Å². The minimum atomic E-state index is 0.0344. The molecule has 0 heterocycles. The Hall–Kier alpha value is -1.28. The van der Waals surface area contributed by atoms with Crippen molar-refractivity contribution >= 4 is 23.1 Å². The smallest absolute Gasteiger partial charge is 0.165 e. The van der Waals surface area contributed by atoms with Gasteiger partial charge in [-0.1, -0.05) is 17.2 Å². The lowest BCUT2D eigenvalue weighted by molar-refractivity contribution is 0.0983. The number of benzene rings is 1. The zero-order valence-corrected chi connectivity index (χ0v) is 9.47. The van der Waals surface area contributed by atoms with Gasteiger partial charge in [0.15, 0.2) is 5.78 Å². The van der Waals surface area contributed by atoms with E-state index in [2.05, 4.69) is 6.58 Å². The zero-order valence-electron chi connectivity index (χ0n) is 8.72. The molecule has 0 saturated carbocycles. The standard InChI is InChI=1S/C12H14ClNO/c1-8(2)3-6-12(15)10-5-4-9(13)7-11(10)14/h4-5,7H,1,3,6,14H2,2H3. The summed E-state index contributed by atoms with van der Waals surface area (Å²) in [4.78, 5) is 11.7. The highest BCUT2D eigenvalue weighted by molar-refractivity contribution is 6.31. The molecule has 2 nitrogen and oxygen atoms in total. The van der Waals surface area contributed by atoms with Gasteiger partial charge in [-0.2, -0.15) is 0 Å². The minimum Gasteiger partial charge on any atom is -0.398 e. The van der Waals surface area contributed by atoms with E-state index in [1.807, 2.05) is 6.92 Å². The van der Waals surface area contributed by atoms with Gasteiger partial charge in [0.2, 0.25) is 0 Å². The van der Waals surface area contributed by atoms with E-state index < -0.39 is 0 Å². The molecule has 1 aromatic rings. The molecule has 0 aliphatic heterocycles. The van der Waals surface area contributed by atoms with Crippen molar-refractivity contribution in [3.63, 3.8) is 0 Å². The van der Waals surface area contributed by atoms with E-state index >= 15 is 0 Å². The molecule has 0 atom stereocenters. The van der Waals surface area contributed by atoms with Crippen molar-refractivity contribution in [3.05, 3.63) is 40.9 Å². The highest BCUT2D eigenvalue weighted by atomic mass is 35.5. The fraction of sp³-hybridized carbons (Fsp3) is 0.250. The Balaban J connectivity index is 2.78. The summed E-state index contributed by atoms with van der Waals surface area (Å²) in [6, 6.07) is 4.93. The van der Waals surface area contributed by atoms with Crippen molar-refractivity contribution in [1.29, 1.82) is 0 Å². The molecule has 2 N–H and O–H groups in total. The Morgan fingerprint density at radius 2 is 2.13 bits per heavy atom. The van der Waals surface area contributed by atoms with Crippen LogP contribution in [-0.4, -0.2) is 5.78 Å². The second-order valence-electron chi connectivity index (χ2n) is 3.61. The van der Waals surface area contributed by atoms with Gasteiger partial charge in [-0.3, -0.25) is 4.79 Å². The van der Waals surface area contributed by atoms with E-state index in [0.29, 0.717) is 29.1 Å². The molecule has 0 spiro atoms. The van der Waals surface area contributed by atoms with Crippen LogP contribution in [0.15, 0.2) is 30.4 Å². The predicted octanol–water partition coefficient (Wildman–Crippen LogP) is 3.46. The molecule has 0 unspecified atom stereocenters. The van der Waals surface area contributed by atoms with Crippen molar-refractivity contribution in [3.8, 4) is 0 Å². The molecule has 1 aromatic carbocycles. The third-order valence-corrected chi connectivity index (χ3v) is 2.33. The van der Waals surface area contributed by atoms with Crippen LogP contribution in [0.25, 0.3) is 0 Å². The number of hydrogen-bond acceptors (Lipinski definition) is 2. The monoisotopic (exact) mass is 223 g/mol. The van der Waals surface area contributed by atoms with Gasteiger partial charge in [0.05, 0.1) is 0 Å². The summed E-state index contributed by atoms with van der Waals surface area (Å²) in [6.45, 7) is 5.65. The number of hydrogen-bond donors (Lipinski definition) is 1. The molecule has 3 heteroatoms. The largest absolute Gasteiger partial charge is 0.398 e. The highest BCUT2D eigenvalue weighted by Gasteiger charge is 2.09. The summed E-state index contributed by atoms with van der Waals surface area (Å²) < 4.78 is 0. The fourth-order valence-electron chi connectivity index (χ4n) is 1.25. The average Bonchev–Trinajstić information content (AvgIpc) is 2.14. The quantitative estimate of drug-likeness (QED) is 0.483. The van der Waals surface area contributed by atoms with Gasteiger partial charge in [0, 0.05) is 22.7 Å². The van der Waals surface area contributed by atoms with Gasteiger partial charge < -0.3 is 5.73 Å². The van der Waals surface area contributed by atoms with Crippen LogP contribution in [0.3, 0.4) is 0 Å². The number of allylic oxidation sites excluding steroid dienone is 1. The summed E-state index contributed by atoms with van der Waals surface area (Å²) in [5.41, 5.74) is 7.68. The molecular weight excluding hydrogens is 210 g/mol. The Morgan fingerprint density at radius 1 is 1.47 bits per heavy atom. The molecule has 15 heavy (non-hydrogen) atoms. The van der Waals surface area contributed by atoms with E-state index in [1.54, 1.807) is 18.2 Å². The molecule has 0 radical (unpaired) electrons. The first-order valence-electron chi connectivity index (χ1n) is 4.73. The molecule has 0 bridgehead atoms. The van der Waals surface area contributed by atoms with Gasteiger partial charge in [-0.25, -0.2) is 0 Å². The maximum absolute atomic E-state index is 11.7. The van der Waals surface area contributed by atoms with Crippen molar-refractivity contribution in [1.82, 2.24) is 0 Å². The molecule has 0 amide bonds. The van der Waals surface area contributed by atoms with Crippen LogP contribution >= 0.6 is 11.6 Å². The van der Waals surface area contributed by atoms with Crippen LogP contribution in [0.4, 0.5) is 5.69 Å². The maximum atomic E-state index is 11.7. The van der Waals surface area contributed by atoms with E-state index in [4.69, 9.17) is 17.3 Å². The number of nitrogens with two attached hydrogens (primary N) is 1. The van der Waals surface area contributed by atoms with Crippen molar-refractivity contribution in [2.75, 3.05) is 5.73 Å². The third-order valence-electron chi connectivity index (χ3n) is 2.09. The maximum Gasteiger partial charge on any atom is 0.165 e. The summed E-state index contributed by atoms with van der Waals surface area (Å²) >= 11 is 5.74. The lowest BCUT2D eigenvalue weighted by Crippen LogP contribution is -2.03. The van der Waals surface area contributed by atoms with Crippen LogP contribution < -0.4 is 5.73 Å². The fourth-order valence-corrected chi connectivity index (χ4v) is 1.43. The SMILES string of the molecule is C=C(C)CCC(=O)c1ccc(Cl)cc1N. The zero-order chi connectivity index (χ0) is 11.4. The van der Waals surface area contributed by atoms with Gasteiger partial charge in [-0.05, 0) is 31.5 Å². The molecule has 0 fully saturated rings. The lowest BCUT2D eigenvalue weighted by Gasteiger charge is -2.04. The van der Waals surface area contributed by atoms with Crippen LogP contribution in [0.1, 0.15) is 30.1 Å². The molecule has 80 valence electrons. The molecule has 0 aliphatic rings. The number of Topliss-reactive ketones (excluding diaryl/α,β-unsaturated/α-hetero) is 1. The van der Waals surface area contributed by atoms with Crippen molar-refractivity contribution in [2.24, 2.45) is 0 Å². The van der Waals surface area contributed by atoms with Crippen molar-refractivity contribution < 1.29 is 4.79 Å². The molecule has 0 aromatic heterocycles. The molecule has 0 saturated heterocycles. The molecule has 0 aliphatic carbocycles. The Kier molecular flexibility index (Phi) is 3.92. The Morgan fingerprint density at radius 3 is 2.67 bits per heavy atom. The van der Waals surface area contributed by atoms with Gasteiger partial charge in [0.25, 0.3) is 0 Å². The summed E-state index contributed by atoms with van der Waals surface area (Å²) in [5.74, 6) is 0.0344. The van der Waals surface area contributed by atoms with Crippen molar-refractivity contribution in [2.45, 2.75) is 19.8 Å². The van der Waals surface area contributed by atoms with E-state index in [-0.39, 0.29) is 5.78 Å². The number of carbonyl (C=O) groups is 1. The number of rotatable bonds is 4. The van der Waals surface area contributed by atoms with E-state index in [0.717, 1.165) is 5.57 Å². The Bertz CT molecular complexity index is 399. The first-order chi connectivity index (χ1) is 7.00.